The molecule has 4 nitrogen and oxygen atoms in total. The van der Waals surface area contributed by atoms with E-state index >= 15 is 0 Å². The van der Waals surface area contributed by atoms with Crippen LogP contribution in [0, 0.1) is 0 Å². The summed E-state index contributed by atoms with van der Waals surface area (Å²) in [6, 6.07) is 76.2. The molecule has 8 aromatic carbocycles. The molecule has 0 spiro atoms. The average molecular weight is 941 g/mol. The second-order valence-corrected chi connectivity index (χ2v) is 24.0. The van der Waals surface area contributed by atoms with Gasteiger partial charge in [-0.15, -0.1) is 0 Å². The lowest BCUT2D eigenvalue weighted by molar-refractivity contribution is 0.834. The Bertz CT molecular complexity index is 3140. The van der Waals surface area contributed by atoms with Gasteiger partial charge in [0.1, 0.15) is 11.6 Å². The first-order valence-corrected chi connectivity index (χ1v) is 27.4. The Balaban J connectivity index is 1.23. The van der Waals surface area contributed by atoms with Crippen LogP contribution in [0.3, 0.4) is 0 Å². The number of para-hydroxylation sites is 2. The first-order valence-electron chi connectivity index (χ1n) is 25.4. The Morgan fingerprint density at radius 1 is 0.324 bits per heavy atom. The molecule has 0 aliphatic heterocycles. The van der Waals surface area contributed by atoms with E-state index in [9.17, 15) is 0 Å². The van der Waals surface area contributed by atoms with E-state index in [1.54, 1.807) is 0 Å². The molecule has 0 radical (unpaired) electrons. The van der Waals surface area contributed by atoms with Gasteiger partial charge >= 0.3 is 0 Å². The fraction of sp³-hybridized carbons (Fsp3) is 0.182. The highest BCUT2D eigenvalue weighted by atomic mass is 28.3. The van der Waals surface area contributed by atoms with Gasteiger partial charge in [0.05, 0.1) is 23.8 Å². The number of benzene rings is 8. The molecule has 0 unspecified atom stereocenters. The van der Waals surface area contributed by atoms with Gasteiger partial charge in [-0.3, -0.25) is 9.13 Å². The quantitative estimate of drug-likeness (QED) is 0.0804. The van der Waals surface area contributed by atoms with Crippen molar-refractivity contribution in [3.63, 3.8) is 0 Å². The van der Waals surface area contributed by atoms with Crippen LogP contribution in [-0.2, 0) is 0 Å². The predicted octanol–water partition coefficient (Wildman–Crippen LogP) is 14.6. The average Bonchev–Trinajstić information content (AvgIpc) is 4.06. The van der Waals surface area contributed by atoms with Gasteiger partial charge in [0.15, 0.2) is 8.07 Å². The number of hydrogen-bond donors (Lipinski definition) is 0. The van der Waals surface area contributed by atoms with Crippen molar-refractivity contribution in [2.75, 3.05) is 0 Å². The van der Waals surface area contributed by atoms with E-state index in [1.807, 2.05) is 0 Å². The van der Waals surface area contributed by atoms with Crippen molar-refractivity contribution in [3.8, 4) is 56.7 Å². The fourth-order valence-corrected chi connectivity index (χ4v) is 15.8. The van der Waals surface area contributed by atoms with E-state index < -0.39 is 8.07 Å². The maximum absolute atomic E-state index is 5.40. The Morgan fingerprint density at radius 3 is 0.944 bits per heavy atom. The molecule has 0 aliphatic rings. The largest absolute Gasteiger partial charge is 0.292 e. The van der Waals surface area contributed by atoms with Crippen molar-refractivity contribution >= 4 is 28.8 Å². The van der Waals surface area contributed by atoms with Crippen molar-refractivity contribution in [2.24, 2.45) is 0 Å². The summed E-state index contributed by atoms with van der Waals surface area (Å²) in [6.45, 7) is 18.4. The normalized spacial score (nSPS) is 11.9. The Labute approximate surface area is 422 Å². The molecule has 10 aromatic rings. The van der Waals surface area contributed by atoms with Crippen LogP contribution in [0.4, 0.5) is 0 Å². The maximum Gasteiger partial charge on any atom is 0.179 e. The van der Waals surface area contributed by atoms with E-state index in [-0.39, 0.29) is 0 Å². The molecule has 5 heteroatoms. The molecule has 0 saturated heterocycles. The molecule has 0 aliphatic carbocycles. The van der Waals surface area contributed by atoms with Gasteiger partial charge in [-0.2, -0.15) is 0 Å². The van der Waals surface area contributed by atoms with E-state index in [1.165, 1.54) is 54.1 Å². The van der Waals surface area contributed by atoms with Crippen molar-refractivity contribution < 1.29 is 0 Å². The van der Waals surface area contributed by atoms with Gasteiger partial charge in [0.2, 0.25) is 0 Å². The minimum absolute atomic E-state index is 0.333. The Morgan fingerprint density at radius 2 is 0.620 bits per heavy atom. The van der Waals surface area contributed by atoms with Gasteiger partial charge in [0, 0.05) is 33.6 Å². The number of nitrogens with zero attached hydrogens (tertiary/aromatic N) is 4. The number of rotatable bonds is 14. The lowest BCUT2D eigenvalue weighted by atomic mass is 9.87. The van der Waals surface area contributed by atoms with E-state index in [0.717, 1.165) is 45.5 Å². The summed E-state index contributed by atoms with van der Waals surface area (Å²) >= 11 is 0. The highest BCUT2D eigenvalue weighted by Gasteiger charge is 2.42. The topological polar surface area (TPSA) is 35.6 Å². The lowest BCUT2D eigenvalue weighted by Crippen LogP contribution is -2.74. The lowest BCUT2D eigenvalue weighted by Gasteiger charge is -2.35. The van der Waals surface area contributed by atoms with Gasteiger partial charge in [-0.1, -0.05) is 237 Å². The van der Waals surface area contributed by atoms with E-state index in [4.69, 9.17) is 9.97 Å². The van der Waals surface area contributed by atoms with E-state index in [0.29, 0.717) is 23.7 Å². The summed E-state index contributed by atoms with van der Waals surface area (Å²) in [5.74, 6) is 3.16. The number of hydrogen-bond acceptors (Lipinski definition) is 2. The highest BCUT2D eigenvalue weighted by molar-refractivity contribution is 7.20. The molecule has 352 valence electrons. The summed E-state index contributed by atoms with van der Waals surface area (Å²) in [4.78, 5) is 10.8. The third-order valence-electron chi connectivity index (χ3n) is 14.3. The number of imidazole rings is 2. The minimum atomic E-state index is -3.11. The Hall–Kier alpha value is -7.60. The van der Waals surface area contributed by atoms with Gasteiger partial charge < -0.3 is 0 Å². The zero-order valence-corrected chi connectivity index (χ0v) is 43.4. The summed E-state index contributed by atoms with van der Waals surface area (Å²) in [7, 11) is -3.11. The first-order chi connectivity index (χ1) is 34.6. The fourth-order valence-electron chi connectivity index (χ4n) is 11.0. The summed E-state index contributed by atoms with van der Waals surface area (Å²) < 4.78 is 4.79. The molecule has 0 atom stereocenters. The second kappa shape index (κ2) is 20.0. The SMILES string of the molecule is CC(C)c1cccc(C(C)C)c1-c1cnc(-c2cccc([Si](c3ccccc3)(c3ccccc3)c3cccc(-c4ncc(-c5c(C(C)C)cccc5C(C)C)n4-c4ccccc4)c3)c2)n1-c1ccccc1. The van der Waals surface area contributed by atoms with Crippen LogP contribution in [0.1, 0.15) is 101 Å². The van der Waals surface area contributed by atoms with Crippen molar-refractivity contribution in [1.29, 1.82) is 0 Å². The Kier molecular flexibility index (Phi) is 13.3. The molecule has 0 amide bonds. The van der Waals surface area contributed by atoms with Crippen molar-refractivity contribution in [2.45, 2.75) is 79.1 Å². The van der Waals surface area contributed by atoms with E-state index in [2.05, 4.69) is 283 Å². The second-order valence-electron chi connectivity index (χ2n) is 20.2. The third-order valence-corrected chi connectivity index (χ3v) is 19.1. The number of aromatic nitrogens is 4. The van der Waals surface area contributed by atoms with Crippen LogP contribution in [0.15, 0.2) is 219 Å². The minimum Gasteiger partial charge on any atom is -0.292 e. The monoisotopic (exact) mass is 940 g/mol. The molecular formula is C66H64N4Si. The predicted molar refractivity (Wildman–Crippen MR) is 302 cm³/mol. The molecule has 0 bridgehead atoms. The molecular weight excluding hydrogens is 877 g/mol. The molecule has 10 rings (SSSR count). The summed E-state index contributed by atoms with van der Waals surface area (Å²) in [6.07, 6.45) is 4.22. The zero-order valence-electron chi connectivity index (χ0n) is 42.4. The van der Waals surface area contributed by atoms with Crippen LogP contribution < -0.4 is 20.7 Å². The molecule has 71 heavy (non-hydrogen) atoms. The molecule has 2 heterocycles. The standard InChI is InChI=1S/C66H64N4Si/c1-45(2)57-37-23-38-58(46(3)4)63(57)61-43-67-65(69(61)51-27-13-9-14-28-51)49-25-21-35-55(41-49)71(53-31-17-11-18-32-53,54-33-19-12-20-34-54)56-36-22-26-50(42-56)66-68-44-62(70(66)52-29-15-10-16-30-52)64-59(47(5)6)39-24-40-60(64)48(7)8/h9-48H,1-8H3. The summed E-state index contributed by atoms with van der Waals surface area (Å²) in [5.41, 5.74) is 14.4. The van der Waals surface area contributed by atoms with Crippen molar-refractivity contribution in [1.82, 2.24) is 19.1 Å². The molecule has 2 aromatic heterocycles. The van der Waals surface area contributed by atoms with Gasteiger partial charge in [-0.05, 0) is 90.9 Å². The van der Waals surface area contributed by atoms with Crippen LogP contribution in [0.5, 0.6) is 0 Å². The molecule has 0 N–H and O–H groups in total. The van der Waals surface area contributed by atoms with Crippen LogP contribution in [0.25, 0.3) is 56.7 Å². The molecule has 0 saturated carbocycles. The van der Waals surface area contributed by atoms with Crippen LogP contribution in [0.2, 0.25) is 0 Å². The zero-order chi connectivity index (χ0) is 49.2. The first kappa shape index (κ1) is 47.1. The van der Waals surface area contributed by atoms with Gasteiger partial charge in [0.25, 0.3) is 0 Å². The van der Waals surface area contributed by atoms with Gasteiger partial charge in [-0.25, -0.2) is 9.97 Å². The maximum atomic E-state index is 5.40. The van der Waals surface area contributed by atoms with Crippen LogP contribution >= 0.6 is 0 Å². The third kappa shape index (κ3) is 8.63. The summed E-state index contributed by atoms with van der Waals surface area (Å²) in [5, 5.41) is 5.16. The highest BCUT2D eigenvalue weighted by Crippen LogP contribution is 2.41. The molecule has 0 fully saturated rings. The smallest absolute Gasteiger partial charge is 0.179 e. The van der Waals surface area contributed by atoms with Crippen LogP contribution in [-0.4, -0.2) is 27.2 Å². The van der Waals surface area contributed by atoms with Crippen molar-refractivity contribution in [3.05, 3.63) is 241 Å².